The van der Waals surface area contributed by atoms with Crippen LogP contribution in [0.5, 0.6) is 0 Å². The number of hydrogen-bond donors (Lipinski definition) is 0. The highest BCUT2D eigenvalue weighted by atomic mass is 79.9. The monoisotopic (exact) mass is 352 g/mol. The van der Waals surface area contributed by atoms with Gasteiger partial charge in [-0.25, -0.2) is 0 Å². The van der Waals surface area contributed by atoms with Gasteiger partial charge >= 0.3 is 0 Å². The van der Waals surface area contributed by atoms with Gasteiger partial charge in [0.1, 0.15) is 5.22 Å². The molecule has 0 aliphatic heterocycles. The summed E-state index contributed by atoms with van der Waals surface area (Å²) in [4.78, 5) is 0. The van der Waals surface area contributed by atoms with Crippen LogP contribution in [0.15, 0.2) is 0 Å². The van der Waals surface area contributed by atoms with Gasteiger partial charge in [-0.1, -0.05) is 22.4 Å². The van der Waals surface area contributed by atoms with Crippen LogP contribution in [0, 0.1) is 0 Å². The van der Waals surface area contributed by atoms with Gasteiger partial charge in [-0.3, -0.25) is 0 Å². The van der Waals surface area contributed by atoms with E-state index in [0.29, 0.717) is 6.61 Å². The SMILES string of the molecule is CCOC1([SiH3])CCCCC1(OCC)OCCCCBr. The molecule has 2 atom stereocenters. The van der Waals surface area contributed by atoms with Gasteiger partial charge in [0.2, 0.25) is 0 Å². The van der Waals surface area contributed by atoms with Crippen molar-refractivity contribution in [1.82, 2.24) is 0 Å². The van der Waals surface area contributed by atoms with E-state index < -0.39 is 5.79 Å². The highest BCUT2D eigenvalue weighted by Gasteiger charge is 2.52. The minimum atomic E-state index is -0.492. The molecule has 1 rings (SSSR count). The standard InChI is InChI=1S/C14H29BrO3Si/c1-3-16-13(18-12-8-7-11-15)9-5-6-10-14(13,19)17-4-2/h3-12H2,1-2,19H3. The summed E-state index contributed by atoms with van der Waals surface area (Å²) in [5.74, 6) is -0.492. The molecule has 0 amide bonds. The molecular formula is C14H29BrO3Si. The zero-order valence-corrected chi connectivity index (χ0v) is 16.3. The first kappa shape index (κ1) is 17.6. The molecule has 5 heteroatoms. The van der Waals surface area contributed by atoms with E-state index in [4.69, 9.17) is 14.2 Å². The van der Waals surface area contributed by atoms with Crippen LogP contribution < -0.4 is 0 Å². The Morgan fingerprint density at radius 3 is 2.32 bits per heavy atom. The Hall–Kier alpha value is 0.577. The zero-order chi connectivity index (χ0) is 14.2. The Kier molecular flexibility index (Phi) is 8.14. The first-order valence-corrected chi connectivity index (χ1v) is 9.74. The van der Waals surface area contributed by atoms with Crippen molar-refractivity contribution in [2.75, 3.05) is 25.2 Å². The molecule has 19 heavy (non-hydrogen) atoms. The van der Waals surface area contributed by atoms with Gasteiger partial charge in [0.25, 0.3) is 0 Å². The third-order valence-electron chi connectivity index (χ3n) is 3.92. The fraction of sp³-hybridized carbons (Fsp3) is 1.00. The van der Waals surface area contributed by atoms with Crippen LogP contribution in [-0.4, -0.2) is 46.4 Å². The average molecular weight is 353 g/mol. The second kappa shape index (κ2) is 8.77. The van der Waals surface area contributed by atoms with Crippen molar-refractivity contribution >= 4 is 26.2 Å². The summed E-state index contributed by atoms with van der Waals surface area (Å²) in [5.41, 5.74) is 0. The summed E-state index contributed by atoms with van der Waals surface area (Å²) in [6.07, 6.45) is 6.66. The van der Waals surface area contributed by atoms with Crippen LogP contribution in [-0.2, 0) is 14.2 Å². The van der Waals surface area contributed by atoms with Crippen molar-refractivity contribution in [3.8, 4) is 0 Å². The van der Waals surface area contributed by atoms with Crippen molar-refractivity contribution in [1.29, 1.82) is 0 Å². The highest BCUT2D eigenvalue weighted by molar-refractivity contribution is 9.09. The van der Waals surface area contributed by atoms with Gasteiger partial charge in [-0.2, -0.15) is 0 Å². The van der Waals surface area contributed by atoms with Crippen LogP contribution in [0.25, 0.3) is 0 Å². The molecule has 0 N–H and O–H groups in total. The van der Waals surface area contributed by atoms with Gasteiger partial charge in [-0.05, 0) is 39.5 Å². The normalized spacial score (nSPS) is 31.7. The first-order chi connectivity index (χ1) is 9.14. The number of halogens is 1. The summed E-state index contributed by atoms with van der Waals surface area (Å²) >= 11 is 3.46. The fourth-order valence-electron chi connectivity index (χ4n) is 2.93. The van der Waals surface area contributed by atoms with Gasteiger partial charge in [-0.15, -0.1) is 0 Å². The maximum absolute atomic E-state index is 6.25. The number of ether oxygens (including phenoxy) is 3. The summed E-state index contributed by atoms with van der Waals surface area (Å²) in [5, 5.41) is 0.861. The third-order valence-corrected chi connectivity index (χ3v) is 6.03. The summed E-state index contributed by atoms with van der Waals surface area (Å²) in [6.45, 7) is 6.31. The summed E-state index contributed by atoms with van der Waals surface area (Å²) in [6, 6.07) is 0. The molecule has 0 saturated heterocycles. The Bertz CT molecular complexity index is 247. The third kappa shape index (κ3) is 4.53. The topological polar surface area (TPSA) is 27.7 Å². The molecule has 1 aliphatic carbocycles. The Balaban J connectivity index is 2.73. The van der Waals surface area contributed by atoms with Gasteiger partial charge in [0.05, 0.1) is 16.8 Å². The van der Waals surface area contributed by atoms with Gasteiger partial charge in [0.15, 0.2) is 5.79 Å². The largest absolute Gasteiger partial charge is 0.374 e. The number of alkyl halides is 1. The van der Waals surface area contributed by atoms with E-state index in [1.807, 2.05) is 6.92 Å². The minimum Gasteiger partial charge on any atom is -0.374 e. The van der Waals surface area contributed by atoms with Crippen LogP contribution in [0.3, 0.4) is 0 Å². The molecule has 3 nitrogen and oxygen atoms in total. The Morgan fingerprint density at radius 2 is 1.68 bits per heavy atom. The molecule has 2 unspecified atom stereocenters. The number of hydrogen-bond acceptors (Lipinski definition) is 3. The predicted octanol–water partition coefficient (Wildman–Crippen LogP) is 2.58. The highest BCUT2D eigenvalue weighted by Crippen LogP contribution is 2.42. The van der Waals surface area contributed by atoms with E-state index in [1.165, 1.54) is 12.8 Å². The van der Waals surface area contributed by atoms with E-state index >= 15 is 0 Å². The second-order valence-electron chi connectivity index (χ2n) is 5.30. The molecule has 0 aromatic rings. The molecule has 1 aliphatic rings. The lowest BCUT2D eigenvalue weighted by Gasteiger charge is -2.50. The minimum absolute atomic E-state index is 0.176. The van der Waals surface area contributed by atoms with E-state index in [-0.39, 0.29) is 5.22 Å². The molecule has 0 spiro atoms. The first-order valence-electron chi connectivity index (χ1n) is 7.62. The average Bonchev–Trinajstić information content (AvgIpc) is 2.39. The smallest absolute Gasteiger partial charge is 0.193 e. The van der Waals surface area contributed by atoms with Crippen molar-refractivity contribution < 1.29 is 14.2 Å². The molecule has 0 bridgehead atoms. The Labute approximate surface area is 129 Å². The van der Waals surface area contributed by atoms with E-state index in [1.54, 1.807) is 0 Å². The Morgan fingerprint density at radius 1 is 1.00 bits per heavy atom. The van der Waals surface area contributed by atoms with Crippen molar-refractivity contribution in [2.45, 2.75) is 63.4 Å². The molecule has 0 aromatic carbocycles. The van der Waals surface area contributed by atoms with Crippen molar-refractivity contribution in [3.63, 3.8) is 0 Å². The van der Waals surface area contributed by atoms with Crippen molar-refractivity contribution in [2.24, 2.45) is 0 Å². The van der Waals surface area contributed by atoms with Crippen LogP contribution in [0.2, 0.25) is 0 Å². The summed E-state index contributed by atoms with van der Waals surface area (Å²) in [7, 11) is 0.949. The molecule has 114 valence electrons. The van der Waals surface area contributed by atoms with Crippen molar-refractivity contribution in [3.05, 3.63) is 0 Å². The maximum Gasteiger partial charge on any atom is 0.193 e. The molecule has 1 saturated carbocycles. The van der Waals surface area contributed by atoms with Gasteiger partial charge in [0, 0.05) is 25.0 Å². The molecule has 0 radical (unpaired) electrons. The quantitative estimate of drug-likeness (QED) is 0.276. The van der Waals surface area contributed by atoms with E-state index in [0.717, 1.165) is 54.5 Å². The lowest BCUT2D eigenvalue weighted by atomic mass is 9.89. The zero-order valence-electron chi connectivity index (χ0n) is 12.7. The van der Waals surface area contributed by atoms with Crippen LogP contribution in [0.1, 0.15) is 52.4 Å². The molecule has 1 fully saturated rings. The van der Waals surface area contributed by atoms with Gasteiger partial charge < -0.3 is 14.2 Å². The second-order valence-corrected chi connectivity index (χ2v) is 7.71. The maximum atomic E-state index is 6.25. The van der Waals surface area contributed by atoms with E-state index in [2.05, 4.69) is 22.9 Å². The predicted molar refractivity (Wildman–Crippen MR) is 86.1 cm³/mol. The van der Waals surface area contributed by atoms with E-state index in [9.17, 15) is 0 Å². The molecular weight excluding hydrogens is 324 g/mol. The van der Waals surface area contributed by atoms with Crippen LogP contribution in [0.4, 0.5) is 0 Å². The molecule has 0 heterocycles. The number of rotatable bonds is 9. The lowest BCUT2D eigenvalue weighted by Crippen LogP contribution is -2.61. The number of unbranched alkanes of at least 4 members (excludes halogenated alkanes) is 1. The lowest BCUT2D eigenvalue weighted by molar-refractivity contribution is -0.318. The molecule has 0 aromatic heterocycles. The summed E-state index contributed by atoms with van der Waals surface area (Å²) < 4.78 is 18.4. The van der Waals surface area contributed by atoms with Crippen LogP contribution >= 0.6 is 15.9 Å². The fourth-order valence-corrected chi connectivity index (χ4v) is 4.51.